The molecule has 7 rings (SSSR count). The first kappa shape index (κ1) is 20.5. The predicted octanol–water partition coefficient (Wildman–Crippen LogP) is 9.82. The standard InChI is InChI=1S/C34H23NO/c1-2-11-24(12-3-1)26-17-9-19-28(34(26)35-30-20-8-14-23-13-4-5-15-25(23)30)27-18-10-22-32-33(27)29-16-6-7-21-31(29)36-32/h1-22,35H. The maximum atomic E-state index is 6.22. The Kier molecular flexibility index (Phi) is 4.82. The van der Waals surface area contributed by atoms with Crippen LogP contribution in [0.4, 0.5) is 11.4 Å². The lowest BCUT2D eigenvalue weighted by atomic mass is 9.93. The Labute approximate surface area is 209 Å². The molecule has 170 valence electrons. The smallest absolute Gasteiger partial charge is 0.136 e. The average molecular weight is 462 g/mol. The molecule has 0 aliphatic heterocycles. The van der Waals surface area contributed by atoms with Crippen LogP contribution < -0.4 is 5.32 Å². The van der Waals surface area contributed by atoms with E-state index in [9.17, 15) is 0 Å². The van der Waals surface area contributed by atoms with E-state index in [-0.39, 0.29) is 0 Å². The number of anilines is 2. The molecule has 2 nitrogen and oxygen atoms in total. The molecule has 0 saturated heterocycles. The molecule has 0 aliphatic rings. The summed E-state index contributed by atoms with van der Waals surface area (Å²) < 4.78 is 6.22. The third kappa shape index (κ3) is 3.35. The van der Waals surface area contributed by atoms with Crippen LogP contribution in [-0.2, 0) is 0 Å². The van der Waals surface area contributed by atoms with Gasteiger partial charge in [0.25, 0.3) is 0 Å². The lowest BCUT2D eigenvalue weighted by Gasteiger charge is -2.19. The molecular formula is C34H23NO. The first-order valence-corrected chi connectivity index (χ1v) is 12.2. The second-order valence-corrected chi connectivity index (χ2v) is 9.02. The van der Waals surface area contributed by atoms with Gasteiger partial charge >= 0.3 is 0 Å². The molecule has 36 heavy (non-hydrogen) atoms. The van der Waals surface area contributed by atoms with Gasteiger partial charge in [-0.2, -0.15) is 0 Å². The summed E-state index contributed by atoms with van der Waals surface area (Å²) in [5, 5.41) is 8.53. The fourth-order valence-electron chi connectivity index (χ4n) is 5.24. The molecule has 6 aromatic carbocycles. The number of benzene rings is 6. The van der Waals surface area contributed by atoms with Crippen LogP contribution in [0.5, 0.6) is 0 Å². The summed E-state index contributed by atoms with van der Waals surface area (Å²) in [6.07, 6.45) is 0. The molecule has 1 heterocycles. The molecule has 0 radical (unpaired) electrons. The highest BCUT2D eigenvalue weighted by atomic mass is 16.3. The maximum absolute atomic E-state index is 6.22. The number of furan rings is 1. The molecule has 0 spiro atoms. The Hall–Kier alpha value is -4.82. The molecule has 0 aliphatic carbocycles. The van der Waals surface area contributed by atoms with Crippen LogP contribution in [-0.4, -0.2) is 0 Å². The lowest BCUT2D eigenvalue weighted by Crippen LogP contribution is -1.98. The quantitative estimate of drug-likeness (QED) is 0.282. The second kappa shape index (κ2) is 8.44. The molecule has 1 aromatic heterocycles. The van der Waals surface area contributed by atoms with Crippen molar-refractivity contribution in [3.05, 3.63) is 133 Å². The van der Waals surface area contributed by atoms with E-state index >= 15 is 0 Å². The van der Waals surface area contributed by atoms with E-state index in [0.29, 0.717) is 0 Å². The monoisotopic (exact) mass is 461 g/mol. The number of para-hydroxylation sites is 2. The van der Waals surface area contributed by atoms with Crippen molar-refractivity contribution < 1.29 is 4.42 Å². The minimum absolute atomic E-state index is 0.898. The van der Waals surface area contributed by atoms with Crippen molar-refractivity contribution in [1.29, 1.82) is 0 Å². The van der Waals surface area contributed by atoms with E-state index in [0.717, 1.165) is 50.0 Å². The van der Waals surface area contributed by atoms with E-state index in [2.05, 4.69) is 127 Å². The molecule has 1 N–H and O–H groups in total. The molecule has 0 saturated carbocycles. The zero-order chi connectivity index (χ0) is 23.9. The molecule has 0 atom stereocenters. The van der Waals surface area contributed by atoms with Crippen LogP contribution in [0.15, 0.2) is 138 Å². The zero-order valence-electron chi connectivity index (χ0n) is 19.6. The average Bonchev–Trinajstić information content (AvgIpc) is 3.33. The van der Waals surface area contributed by atoms with Gasteiger partial charge in [0.05, 0.1) is 5.69 Å². The van der Waals surface area contributed by atoms with Crippen LogP contribution in [0.25, 0.3) is 55.0 Å². The van der Waals surface area contributed by atoms with Crippen molar-refractivity contribution in [3.63, 3.8) is 0 Å². The second-order valence-electron chi connectivity index (χ2n) is 9.02. The van der Waals surface area contributed by atoms with E-state index in [1.807, 2.05) is 12.1 Å². The van der Waals surface area contributed by atoms with E-state index in [1.54, 1.807) is 0 Å². The third-order valence-electron chi connectivity index (χ3n) is 6.89. The maximum Gasteiger partial charge on any atom is 0.136 e. The van der Waals surface area contributed by atoms with E-state index in [4.69, 9.17) is 4.42 Å². The lowest BCUT2D eigenvalue weighted by molar-refractivity contribution is 0.669. The minimum atomic E-state index is 0.898. The zero-order valence-corrected chi connectivity index (χ0v) is 19.6. The van der Waals surface area contributed by atoms with Gasteiger partial charge < -0.3 is 9.73 Å². The molecule has 2 heteroatoms. The van der Waals surface area contributed by atoms with Gasteiger partial charge in [-0.1, -0.05) is 115 Å². The highest BCUT2D eigenvalue weighted by Gasteiger charge is 2.18. The fourth-order valence-corrected chi connectivity index (χ4v) is 5.24. The summed E-state index contributed by atoms with van der Waals surface area (Å²) in [6.45, 7) is 0. The Morgan fingerprint density at radius 1 is 0.444 bits per heavy atom. The van der Waals surface area contributed by atoms with Gasteiger partial charge in [-0.3, -0.25) is 0 Å². The first-order valence-electron chi connectivity index (χ1n) is 12.2. The van der Waals surface area contributed by atoms with Gasteiger partial charge in [-0.15, -0.1) is 0 Å². The Bertz CT molecular complexity index is 1860. The molecular weight excluding hydrogens is 438 g/mol. The molecule has 0 bridgehead atoms. The van der Waals surface area contributed by atoms with Gasteiger partial charge in [-0.25, -0.2) is 0 Å². The Morgan fingerprint density at radius 2 is 1.08 bits per heavy atom. The minimum Gasteiger partial charge on any atom is -0.456 e. The SMILES string of the molecule is c1ccc(-c2cccc(-c3cccc4oc5ccccc5c34)c2Nc2cccc3ccccc23)cc1. The Balaban J connectivity index is 1.53. The number of rotatable bonds is 4. The van der Waals surface area contributed by atoms with Crippen molar-refractivity contribution in [3.8, 4) is 22.3 Å². The number of nitrogens with one attached hydrogen (secondary N) is 1. The van der Waals surface area contributed by atoms with Crippen LogP contribution in [0.1, 0.15) is 0 Å². The summed E-state index contributed by atoms with van der Waals surface area (Å²) >= 11 is 0. The highest BCUT2D eigenvalue weighted by molar-refractivity contribution is 6.14. The molecule has 7 aromatic rings. The largest absolute Gasteiger partial charge is 0.456 e. The Morgan fingerprint density at radius 3 is 2.00 bits per heavy atom. The molecule has 0 fully saturated rings. The summed E-state index contributed by atoms with van der Waals surface area (Å²) in [4.78, 5) is 0. The van der Waals surface area contributed by atoms with Crippen LogP contribution in [0.3, 0.4) is 0 Å². The topological polar surface area (TPSA) is 25.2 Å². The van der Waals surface area contributed by atoms with Crippen molar-refractivity contribution in [2.75, 3.05) is 5.32 Å². The number of hydrogen-bond acceptors (Lipinski definition) is 2. The summed E-state index contributed by atoms with van der Waals surface area (Å²) in [5.41, 5.74) is 8.59. The van der Waals surface area contributed by atoms with Crippen LogP contribution in [0.2, 0.25) is 0 Å². The van der Waals surface area contributed by atoms with Gasteiger partial charge in [-0.05, 0) is 34.7 Å². The van der Waals surface area contributed by atoms with Crippen LogP contribution >= 0.6 is 0 Å². The molecule has 0 amide bonds. The number of hydrogen-bond donors (Lipinski definition) is 1. The van der Waals surface area contributed by atoms with Crippen molar-refractivity contribution in [1.82, 2.24) is 0 Å². The van der Waals surface area contributed by atoms with Crippen LogP contribution in [0, 0.1) is 0 Å². The summed E-state index contributed by atoms with van der Waals surface area (Å²) in [7, 11) is 0. The summed E-state index contributed by atoms with van der Waals surface area (Å²) in [6, 6.07) is 46.7. The third-order valence-corrected chi connectivity index (χ3v) is 6.89. The van der Waals surface area contributed by atoms with Gasteiger partial charge in [0.2, 0.25) is 0 Å². The normalized spacial score (nSPS) is 11.3. The van der Waals surface area contributed by atoms with E-state index < -0.39 is 0 Å². The van der Waals surface area contributed by atoms with Gasteiger partial charge in [0.1, 0.15) is 11.2 Å². The van der Waals surface area contributed by atoms with Crippen molar-refractivity contribution in [2.24, 2.45) is 0 Å². The van der Waals surface area contributed by atoms with Crippen molar-refractivity contribution >= 4 is 44.1 Å². The van der Waals surface area contributed by atoms with Gasteiger partial charge in [0, 0.05) is 33.0 Å². The van der Waals surface area contributed by atoms with E-state index in [1.165, 1.54) is 16.3 Å². The molecule has 0 unspecified atom stereocenters. The number of fused-ring (bicyclic) bond motifs is 4. The fraction of sp³-hybridized carbons (Fsp3) is 0. The highest BCUT2D eigenvalue weighted by Crippen LogP contribution is 2.44. The van der Waals surface area contributed by atoms with Gasteiger partial charge in [0.15, 0.2) is 0 Å². The predicted molar refractivity (Wildman–Crippen MR) is 152 cm³/mol. The van der Waals surface area contributed by atoms with Crippen molar-refractivity contribution in [2.45, 2.75) is 0 Å². The summed E-state index contributed by atoms with van der Waals surface area (Å²) in [5.74, 6) is 0. The first-order chi connectivity index (χ1) is 17.9.